The molecule has 0 aromatic rings. The van der Waals surface area contributed by atoms with E-state index in [0.29, 0.717) is 5.92 Å². The molecule has 2 amide bonds. The van der Waals surface area contributed by atoms with E-state index in [9.17, 15) is 4.79 Å². The molecule has 0 unspecified atom stereocenters. The zero-order valence-electron chi connectivity index (χ0n) is 9.75. The monoisotopic (exact) mass is 210 g/mol. The second-order valence-electron chi connectivity index (χ2n) is 4.53. The van der Waals surface area contributed by atoms with Gasteiger partial charge >= 0.3 is 6.03 Å². The van der Waals surface area contributed by atoms with Gasteiger partial charge in [-0.15, -0.1) is 0 Å². The van der Waals surface area contributed by atoms with Gasteiger partial charge in [0.05, 0.1) is 0 Å². The summed E-state index contributed by atoms with van der Waals surface area (Å²) in [6, 6.07) is 0.0742. The van der Waals surface area contributed by atoms with Crippen LogP contribution in [0, 0.1) is 5.92 Å². The maximum Gasteiger partial charge on any atom is 0.318 e. The fraction of sp³-hybridized carbons (Fsp3) is 0.750. The van der Waals surface area contributed by atoms with E-state index >= 15 is 0 Å². The molecule has 1 fully saturated rings. The molecule has 2 N–H and O–H groups in total. The minimum Gasteiger partial charge on any atom is -0.336 e. The van der Waals surface area contributed by atoms with Crippen LogP contribution in [0.15, 0.2) is 12.3 Å². The molecule has 3 heteroatoms. The largest absolute Gasteiger partial charge is 0.336 e. The van der Waals surface area contributed by atoms with Gasteiger partial charge in [-0.1, -0.05) is 25.3 Å². The molecule has 1 aliphatic rings. The summed E-state index contributed by atoms with van der Waals surface area (Å²) in [6.45, 7) is 3.90. The van der Waals surface area contributed by atoms with Crippen LogP contribution in [0.3, 0.4) is 0 Å². The summed E-state index contributed by atoms with van der Waals surface area (Å²) in [5.74, 6) is 0.665. The summed E-state index contributed by atoms with van der Waals surface area (Å²) in [5, 5.41) is 5.51. The zero-order chi connectivity index (χ0) is 11.1. The highest BCUT2D eigenvalue weighted by Crippen LogP contribution is 2.24. The van der Waals surface area contributed by atoms with Crippen molar-refractivity contribution in [2.75, 3.05) is 0 Å². The lowest BCUT2D eigenvalue weighted by Gasteiger charge is -2.17. The van der Waals surface area contributed by atoms with Gasteiger partial charge in [0.1, 0.15) is 0 Å². The number of amides is 2. The lowest BCUT2D eigenvalue weighted by Crippen LogP contribution is -2.36. The SMILES string of the molecule is CC(C)NC(=O)N/C=C/C1CCCCC1. The van der Waals surface area contributed by atoms with Gasteiger partial charge in [0, 0.05) is 12.2 Å². The number of carbonyl (C=O) groups excluding carboxylic acids is 1. The van der Waals surface area contributed by atoms with Gasteiger partial charge in [-0.3, -0.25) is 0 Å². The second-order valence-corrected chi connectivity index (χ2v) is 4.53. The number of nitrogens with one attached hydrogen (secondary N) is 2. The third-order valence-corrected chi connectivity index (χ3v) is 2.65. The van der Waals surface area contributed by atoms with Crippen molar-refractivity contribution in [2.45, 2.75) is 52.0 Å². The first-order valence-electron chi connectivity index (χ1n) is 5.92. The smallest absolute Gasteiger partial charge is 0.318 e. The molecule has 0 heterocycles. The van der Waals surface area contributed by atoms with Crippen LogP contribution >= 0.6 is 0 Å². The third kappa shape index (κ3) is 5.45. The summed E-state index contributed by atoms with van der Waals surface area (Å²) >= 11 is 0. The Kier molecular flexibility index (Phi) is 5.22. The first-order chi connectivity index (χ1) is 7.18. The van der Waals surface area contributed by atoms with Gasteiger partial charge in [0.2, 0.25) is 0 Å². The van der Waals surface area contributed by atoms with E-state index in [1.165, 1.54) is 32.1 Å². The van der Waals surface area contributed by atoms with Crippen LogP contribution in [0.5, 0.6) is 0 Å². The van der Waals surface area contributed by atoms with E-state index in [1.54, 1.807) is 6.20 Å². The van der Waals surface area contributed by atoms with Crippen LogP contribution in [0.1, 0.15) is 46.0 Å². The minimum absolute atomic E-state index is 0.114. The van der Waals surface area contributed by atoms with Crippen molar-refractivity contribution in [3.63, 3.8) is 0 Å². The summed E-state index contributed by atoms with van der Waals surface area (Å²) in [7, 11) is 0. The number of rotatable bonds is 3. The predicted octanol–water partition coefficient (Wildman–Crippen LogP) is 2.79. The van der Waals surface area contributed by atoms with E-state index in [2.05, 4.69) is 16.7 Å². The van der Waals surface area contributed by atoms with E-state index in [1.807, 2.05) is 13.8 Å². The molecule has 0 bridgehead atoms. The summed E-state index contributed by atoms with van der Waals surface area (Å²) < 4.78 is 0. The molecule has 0 spiro atoms. The van der Waals surface area contributed by atoms with Gasteiger partial charge in [-0.2, -0.15) is 0 Å². The van der Waals surface area contributed by atoms with Crippen LogP contribution < -0.4 is 10.6 Å². The van der Waals surface area contributed by atoms with Crippen molar-refractivity contribution in [1.29, 1.82) is 0 Å². The van der Waals surface area contributed by atoms with Crippen molar-refractivity contribution < 1.29 is 4.79 Å². The molecule has 86 valence electrons. The second kappa shape index (κ2) is 6.49. The molecule has 0 aromatic carbocycles. The van der Waals surface area contributed by atoms with Gasteiger partial charge in [-0.05, 0) is 32.6 Å². The van der Waals surface area contributed by atoms with E-state index in [4.69, 9.17) is 0 Å². The lowest BCUT2D eigenvalue weighted by molar-refractivity contribution is 0.242. The Morgan fingerprint density at radius 3 is 2.53 bits per heavy atom. The molecular formula is C12H22N2O. The highest BCUT2D eigenvalue weighted by Gasteiger charge is 2.09. The first kappa shape index (κ1) is 12.1. The Hall–Kier alpha value is -0.990. The standard InChI is InChI=1S/C12H22N2O/c1-10(2)14-12(15)13-9-8-11-6-4-3-5-7-11/h8-11H,3-7H2,1-2H3,(H2,13,14,15)/b9-8+. The fourth-order valence-electron chi connectivity index (χ4n) is 1.89. The number of carbonyl (C=O) groups is 1. The average Bonchev–Trinajstić information content (AvgIpc) is 2.18. The van der Waals surface area contributed by atoms with Crippen LogP contribution in [-0.4, -0.2) is 12.1 Å². The molecule has 0 radical (unpaired) electrons. The molecule has 1 saturated carbocycles. The summed E-state index contributed by atoms with van der Waals surface area (Å²) in [6.07, 6.45) is 10.5. The van der Waals surface area contributed by atoms with Crippen LogP contribution in [0.4, 0.5) is 4.79 Å². The molecule has 1 aliphatic carbocycles. The van der Waals surface area contributed by atoms with Crippen LogP contribution in [0.25, 0.3) is 0 Å². The van der Waals surface area contributed by atoms with Gasteiger partial charge in [-0.25, -0.2) is 4.79 Å². The number of hydrogen-bond acceptors (Lipinski definition) is 1. The van der Waals surface area contributed by atoms with Crippen molar-refractivity contribution in [3.8, 4) is 0 Å². The fourth-order valence-corrected chi connectivity index (χ4v) is 1.89. The van der Waals surface area contributed by atoms with Crippen LogP contribution in [0.2, 0.25) is 0 Å². The van der Waals surface area contributed by atoms with Crippen molar-refractivity contribution >= 4 is 6.03 Å². The van der Waals surface area contributed by atoms with E-state index in [0.717, 1.165) is 0 Å². The molecule has 15 heavy (non-hydrogen) atoms. The maximum absolute atomic E-state index is 11.2. The number of allylic oxidation sites excluding steroid dienone is 1. The Morgan fingerprint density at radius 2 is 1.93 bits per heavy atom. The van der Waals surface area contributed by atoms with Gasteiger partial charge in [0.15, 0.2) is 0 Å². The number of hydrogen-bond donors (Lipinski definition) is 2. The van der Waals surface area contributed by atoms with Crippen molar-refractivity contribution in [2.24, 2.45) is 5.92 Å². The minimum atomic E-state index is -0.114. The molecule has 0 atom stereocenters. The molecule has 0 saturated heterocycles. The molecule has 3 nitrogen and oxygen atoms in total. The third-order valence-electron chi connectivity index (χ3n) is 2.65. The quantitative estimate of drug-likeness (QED) is 0.739. The Balaban J connectivity index is 2.17. The van der Waals surface area contributed by atoms with E-state index < -0.39 is 0 Å². The lowest BCUT2D eigenvalue weighted by atomic mass is 9.89. The zero-order valence-corrected chi connectivity index (χ0v) is 9.75. The van der Waals surface area contributed by atoms with Crippen molar-refractivity contribution in [1.82, 2.24) is 10.6 Å². The molecule has 0 aromatic heterocycles. The summed E-state index contributed by atoms with van der Waals surface area (Å²) in [5.41, 5.74) is 0. The normalized spacial score (nSPS) is 18.3. The first-order valence-corrected chi connectivity index (χ1v) is 5.92. The average molecular weight is 210 g/mol. The van der Waals surface area contributed by atoms with Crippen molar-refractivity contribution in [3.05, 3.63) is 12.3 Å². The molecule has 0 aliphatic heterocycles. The Labute approximate surface area is 92.3 Å². The van der Waals surface area contributed by atoms with Gasteiger partial charge < -0.3 is 10.6 Å². The maximum atomic E-state index is 11.2. The van der Waals surface area contributed by atoms with E-state index in [-0.39, 0.29) is 12.1 Å². The molecule has 1 rings (SSSR count). The predicted molar refractivity (Wildman–Crippen MR) is 62.5 cm³/mol. The summed E-state index contributed by atoms with van der Waals surface area (Å²) in [4.78, 5) is 11.2. The van der Waals surface area contributed by atoms with Crippen LogP contribution in [-0.2, 0) is 0 Å². The molecular weight excluding hydrogens is 188 g/mol. The number of urea groups is 1. The Bertz CT molecular complexity index is 218. The highest BCUT2D eigenvalue weighted by atomic mass is 16.2. The topological polar surface area (TPSA) is 41.1 Å². The Morgan fingerprint density at radius 1 is 1.27 bits per heavy atom. The highest BCUT2D eigenvalue weighted by molar-refractivity contribution is 5.75. The van der Waals surface area contributed by atoms with Gasteiger partial charge in [0.25, 0.3) is 0 Å².